The molecule has 0 aliphatic carbocycles. The molecule has 1 amide bonds. The van der Waals surface area contributed by atoms with Gasteiger partial charge in [0.25, 0.3) is 5.91 Å². The van der Waals surface area contributed by atoms with Crippen molar-refractivity contribution in [1.29, 1.82) is 0 Å². The van der Waals surface area contributed by atoms with E-state index in [9.17, 15) is 4.79 Å². The fraction of sp³-hybridized carbons (Fsp3) is 0.393. The van der Waals surface area contributed by atoms with E-state index in [1.165, 1.54) is 24.8 Å². The maximum absolute atomic E-state index is 12.8. The van der Waals surface area contributed by atoms with Crippen LogP contribution in [0.1, 0.15) is 48.0 Å². The van der Waals surface area contributed by atoms with Crippen molar-refractivity contribution in [3.8, 4) is 11.3 Å². The quantitative estimate of drug-likeness (QED) is 0.592. The van der Waals surface area contributed by atoms with Crippen molar-refractivity contribution in [2.75, 3.05) is 31.1 Å². The Hall–Kier alpha value is -3.25. The van der Waals surface area contributed by atoms with Gasteiger partial charge in [-0.05, 0) is 49.8 Å². The Kier molecular flexibility index (Phi) is 7.15. The number of likely N-dealkylation sites (tertiary alicyclic amines) is 1. The van der Waals surface area contributed by atoms with E-state index >= 15 is 0 Å². The van der Waals surface area contributed by atoms with Crippen LogP contribution in [0.25, 0.3) is 11.3 Å². The fourth-order valence-electron chi connectivity index (χ4n) is 4.94. The summed E-state index contributed by atoms with van der Waals surface area (Å²) in [4.78, 5) is 26.6. The average Bonchev–Trinajstić information content (AvgIpc) is 2.91. The highest BCUT2D eigenvalue weighted by Crippen LogP contribution is 2.23. The molecule has 3 aromatic rings. The van der Waals surface area contributed by atoms with Crippen molar-refractivity contribution in [2.45, 2.75) is 44.7 Å². The van der Waals surface area contributed by atoms with Crippen LogP contribution in [0.3, 0.4) is 0 Å². The van der Waals surface area contributed by atoms with Gasteiger partial charge in [-0.15, -0.1) is 0 Å². The highest BCUT2D eigenvalue weighted by atomic mass is 16.1. The Labute approximate surface area is 202 Å². The highest BCUT2D eigenvalue weighted by molar-refractivity contribution is 5.94. The van der Waals surface area contributed by atoms with Gasteiger partial charge in [0.15, 0.2) is 0 Å². The molecule has 176 valence electrons. The number of piperidine rings is 2. The predicted molar refractivity (Wildman–Crippen MR) is 136 cm³/mol. The van der Waals surface area contributed by atoms with Gasteiger partial charge in [-0.2, -0.15) is 0 Å². The summed E-state index contributed by atoms with van der Waals surface area (Å²) in [6.45, 7) is 5.10. The molecular weight excluding hydrogens is 422 g/mol. The highest BCUT2D eigenvalue weighted by Gasteiger charge is 2.21. The summed E-state index contributed by atoms with van der Waals surface area (Å²) in [5, 5.41) is 3.23. The van der Waals surface area contributed by atoms with E-state index in [0.29, 0.717) is 5.56 Å². The van der Waals surface area contributed by atoms with Crippen LogP contribution >= 0.6 is 0 Å². The van der Waals surface area contributed by atoms with E-state index in [1.54, 1.807) is 6.33 Å². The van der Waals surface area contributed by atoms with Crippen LogP contribution in [0, 0.1) is 0 Å². The lowest BCUT2D eigenvalue weighted by Gasteiger charge is -2.32. The number of carbonyl (C=O) groups excluding carboxylic acids is 1. The first-order valence-electron chi connectivity index (χ1n) is 12.5. The summed E-state index contributed by atoms with van der Waals surface area (Å²) in [5.41, 5.74) is 3.94. The molecule has 2 aromatic carbocycles. The van der Waals surface area contributed by atoms with Crippen molar-refractivity contribution in [3.63, 3.8) is 0 Å². The first kappa shape index (κ1) is 22.5. The van der Waals surface area contributed by atoms with E-state index in [4.69, 9.17) is 0 Å². The van der Waals surface area contributed by atoms with Gasteiger partial charge in [0.05, 0.1) is 5.69 Å². The molecule has 5 rings (SSSR count). The lowest BCUT2D eigenvalue weighted by molar-refractivity contribution is 0.0909. The van der Waals surface area contributed by atoms with Gasteiger partial charge >= 0.3 is 0 Å². The second kappa shape index (κ2) is 10.8. The second-order valence-corrected chi connectivity index (χ2v) is 9.40. The number of anilines is 1. The molecule has 0 unspecified atom stereocenters. The molecule has 2 aliphatic heterocycles. The van der Waals surface area contributed by atoms with E-state index < -0.39 is 0 Å². The molecule has 3 heterocycles. The minimum Gasteiger partial charge on any atom is -0.357 e. The number of hydrogen-bond acceptors (Lipinski definition) is 5. The van der Waals surface area contributed by atoms with Crippen LogP contribution in [0.15, 0.2) is 67.0 Å². The maximum atomic E-state index is 12.8. The van der Waals surface area contributed by atoms with Crippen molar-refractivity contribution in [1.82, 2.24) is 20.2 Å². The number of carbonyl (C=O) groups is 1. The van der Waals surface area contributed by atoms with Gasteiger partial charge in [-0.1, -0.05) is 42.5 Å². The molecule has 0 atom stereocenters. The zero-order valence-corrected chi connectivity index (χ0v) is 19.7. The number of aromatic nitrogens is 2. The second-order valence-electron chi connectivity index (χ2n) is 9.40. The Morgan fingerprint density at radius 1 is 0.882 bits per heavy atom. The summed E-state index contributed by atoms with van der Waals surface area (Å²) in [6.07, 6.45) is 7.34. The molecule has 2 aliphatic rings. The standard InChI is InChI=1S/C28H33N5O/c34-28(31-25-13-17-32(18-14-25)20-22-7-3-1-4-8-22)24-11-9-23(10-12-24)26-19-27(30-21-29-26)33-15-5-2-6-16-33/h1,3-4,7-12,19,21,25H,2,5-6,13-18,20H2,(H,31,34). The Balaban J connectivity index is 1.15. The minimum atomic E-state index is 0.00440. The molecule has 0 saturated carbocycles. The predicted octanol–water partition coefficient (Wildman–Crippen LogP) is 4.53. The zero-order chi connectivity index (χ0) is 23.2. The lowest BCUT2D eigenvalue weighted by Crippen LogP contribution is -2.44. The third-order valence-electron chi connectivity index (χ3n) is 6.95. The Morgan fingerprint density at radius 2 is 1.62 bits per heavy atom. The number of benzene rings is 2. The van der Waals surface area contributed by atoms with E-state index in [1.807, 2.05) is 24.3 Å². The van der Waals surface area contributed by atoms with E-state index in [2.05, 4.69) is 61.5 Å². The summed E-state index contributed by atoms with van der Waals surface area (Å²) in [6, 6.07) is 20.6. The van der Waals surface area contributed by atoms with Crippen molar-refractivity contribution < 1.29 is 4.79 Å². The molecule has 2 fully saturated rings. The molecule has 0 bridgehead atoms. The molecule has 6 nitrogen and oxygen atoms in total. The van der Waals surface area contributed by atoms with Crippen LogP contribution in [0.4, 0.5) is 5.82 Å². The number of hydrogen-bond donors (Lipinski definition) is 1. The SMILES string of the molecule is O=C(NC1CCN(Cc2ccccc2)CC1)c1ccc(-c2cc(N3CCCCC3)ncn2)cc1. The maximum Gasteiger partial charge on any atom is 0.251 e. The topological polar surface area (TPSA) is 61.4 Å². The molecule has 6 heteroatoms. The summed E-state index contributed by atoms with van der Waals surface area (Å²) < 4.78 is 0. The van der Waals surface area contributed by atoms with Gasteiger partial charge in [0, 0.05) is 56.0 Å². The van der Waals surface area contributed by atoms with Gasteiger partial charge in [0.1, 0.15) is 12.1 Å². The Bertz CT molecular complexity index is 1070. The van der Waals surface area contributed by atoms with Crippen LogP contribution in [-0.2, 0) is 6.54 Å². The largest absolute Gasteiger partial charge is 0.357 e. The van der Waals surface area contributed by atoms with Crippen molar-refractivity contribution in [2.24, 2.45) is 0 Å². The molecule has 0 radical (unpaired) electrons. The number of rotatable bonds is 6. The molecule has 34 heavy (non-hydrogen) atoms. The van der Waals surface area contributed by atoms with E-state index in [-0.39, 0.29) is 11.9 Å². The van der Waals surface area contributed by atoms with Gasteiger partial charge in [-0.25, -0.2) is 9.97 Å². The van der Waals surface area contributed by atoms with Crippen LogP contribution < -0.4 is 10.2 Å². The first-order valence-corrected chi connectivity index (χ1v) is 12.5. The normalized spacial score (nSPS) is 17.5. The smallest absolute Gasteiger partial charge is 0.251 e. The average molecular weight is 456 g/mol. The molecule has 2 saturated heterocycles. The molecular formula is C28H33N5O. The van der Waals surface area contributed by atoms with Crippen LogP contribution in [-0.4, -0.2) is 53.0 Å². The number of nitrogens with zero attached hydrogens (tertiary/aromatic N) is 4. The number of nitrogens with one attached hydrogen (secondary N) is 1. The van der Waals surface area contributed by atoms with Gasteiger partial charge in [0.2, 0.25) is 0 Å². The first-order chi connectivity index (χ1) is 16.7. The van der Waals surface area contributed by atoms with Gasteiger partial charge in [-0.3, -0.25) is 9.69 Å². The fourth-order valence-corrected chi connectivity index (χ4v) is 4.94. The molecule has 1 aromatic heterocycles. The third kappa shape index (κ3) is 5.62. The van der Waals surface area contributed by atoms with Crippen molar-refractivity contribution in [3.05, 3.63) is 78.1 Å². The molecule has 0 spiro atoms. The monoisotopic (exact) mass is 455 g/mol. The van der Waals surface area contributed by atoms with Gasteiger partial charge < -0.3 is 10.2 Å². The summed E-state index contributed by atoms with van der Waals surface area (Å²) in [7, 11) is 0. The third-order valence-corrected chi connectivity index (χ3v) is 6.95. The van der Waals surface area contributed by atoms with Crippen LogP contribution in [0.5, 0.6) is 0 Å². The number of amides is 1. The lowest BCUT2D eigenvalue weighted by atomic mass is 10.0. The zero-order valence-electron chi connectivity index (χ0n) is 19.7. The minimum absolute atomic E-state index is 0.00440. The van der Waals surface area contributed by atoms with Crippen LogP contribution in [0.2, 0.25) is 0 Å². The summed E-state index contributed by atoms with van der Waals surface area (Å²) in [5.74, 6) is 0.995. The van der Waals surface area contributed by atoms with E-state index in [0.717, 1.165) is 62.6 Å². The van der Waals surface area contributed by atoms with Crippen molar-refractivity contribution >= 4 is 11.7 Å². The molecule has 1 N–H and O–H groups in total. The summed E-state index contributed by atoms with van der Waals surface area (Å²) >= 11 is 0. The Morgan fingerprint density at radius 3 is 2.35 bits per heavy atom.